The second kappa shape index (κ2) is 7.38. The Bertz CT molecular complexity index is 383. The fourth-order valence-electron chi connectivity index (χ4n) is 1.95. The van der Waals surface area contributed by atoms with Gasteiger partial charge in [0, 0.05) is 19.1 Å². The van der Waals surface area contributed by atoms with Crippen molar-refractivity contribution in [1.82, 2.24) is 14.7 Å². The molecule has 0 aliphatic heterocycles. The summed E-state index contributed by atoms with van der Waals surface area (Å²) in [5.41, 5.74) is 7.76. The highest BCUT2D eigenvalue weighted by Crippen LogP contribution is 2.22. The Kier molecular flexibility index (Phi) is 6.15. The van der Waals surface area contributed by atoms with Crippen LogP contribution in [0, 0.1) is 6.92 Å². The van der Waals surface area contributed by atoms with Gasteiger partial charge in [-0.05, 0) is 47.2 Å². The molecule has 1 rings (SSSR count). The zero-order chi connectivity index (χ0) is 14.4. The zero-order valence-electron chi connectivity index (χ0n) is 13.0. The number of anilines is 2. The molecule has 3 N–H and O–H groups in total. The molecule has 0 unspecified atom stereocenters. The number of hydrogen-bond donors (Lipinski definition) is 2. The van der Waals surface area contributed by atoms with Crippen LogP contribution in [0.3, 0.4) is 0 Å². The Morgan fingerprint density at radius 2 is 2.11 bits per heavy atom. The molecule has 0 saturated carbocycles. The van der Waals surface area contributed by atoms with Gasteiger partial charge in [0.15, 0.2) is 0 Å². The van der Waals surface area contributed by atoms with E-state index in [0.29, 0.717) is 6.04 Å². The maximum Gasteiger partial charge on any atom is 0.148 e. The molecular formula is C14H29N5. The summed E-state index contributed by atoms with van der Waals surface area (Å²) in [5, 5.41) is 7.89. The van der Waals surface area contributed by atoms with Gasteiger partial charge < -0.3 is 16.0 Å². The molecule has 1 heterocycles. The first kappa shape index (κ1) is 15.8. The minimum Gasteiger partial charge on any atom is -0.394 e. The highest BCUT2D eigenvalue weighted by Gasteiger charge is 2.11. The van der Waals surface area contributed by atoms with E-state index >= 15 is 0 Å². The third kappa shape index (κ3) is 4.42. The van der Waals surface area contributed by atoms with E-state index in [2.05, 4.69) is 43.1 Å². The van der Waals surface area contributed by atoms with Crippen molar-refractivity contribution in [2.45, 2.75) is 53.1 Å². The molecule has 0 fully saturated rings. The summed E-state index contributed by atoms with van der Waals surface area (Å²) in [6.45, 7) is 11.5. The van der Waals surface area contributed by atoms with Crippen molar-refractivity contribution in [3.63, 3.8) is 0 Å². The number of hydrogen-bond acceptors (Lipinski definition) is 4. The molecule has 1 aromatic rings. The number of aromatic nitrogens is 2. The molecule has 0 aliphatic carbocycles. The number of nitrogen functional groups attached to an aromatic ring is 1. The van der Waals surface area contributed by atoms with Crippen molar-refractivity contribution in [2.24, 2.45) is 0 Å². The molecule has 0 aromatic carbocycles. The van der Waals surface area contributed by atoms with Crippen molar-refractivity contribution in [2.75, 3.05) is 31.2 Å². The van der Waals surface area contributed by atoms with Crippen LogP contribution in [0.1, 0.15) is 39.3 Å². The predicted molar refractivity (Wildman–Crippen MR) is 82.5 cm³/mol. The number of rotatable bonds is 8. The van der Waals surface area contributed by atoms with E-state index in [1.807, 2.05) is 11.6 Å². The molecule has 0 atom stereocenters. The molecule has 5 heteroatoms. The lowest BCUT2D eigenvalue weighted by Gasteiger charge is -2.21. The highest BCUT2D eigenvalue weighted by atomic mass is 15.3. The summed E-state index contributed by atoms with van der Waals surface area (Å²) in [6, 6.07) is 0.595. The van der Waals surface area contributed by atoms with Crippen LogP contribution in [0.25, 0.3) is 0 Å². The maximum atomic E-state index is 6.07. The second-order valence-electron chi connectivity index (χ2n) is 5.43. The second-order valence-corrected chi connectivity index (χ2v) is 5.43. The van der Waals surface area contributed by atoms with Crippen LogP contribution in [0.2, 0.25) is 0 Å². The summed E-state index contributed by atoms with van der Waals surface area (Å²) in [4.78, 5) is 2.35. The fraction of sp³-hybridized carbons (Fsp3) is 0.786. The van der Waals surface area contributed by atoms with Crippen molar-refractivity contribution in [3.05, 3.63) is 5.69 Å². The van der Waals surface area contributed by atoms with Crippen molar-refractivity contribution in [3.8, 4) is 0 Å². The van der Waals surface area contributed by atoms with Gasteiger partial charge in [0.05, 0.1) is 11.4 Å². The predicted octanol–water partition coefficient (Wildman–Crippen LogP) is 2.33. The molecular weight excluding hydrogens is 238 g/mol. The van der Waals surface area contributed by atoms with Crippen LogP contribution in [0.4, 0.5) is 11.5 Å². The van der Waals surface area contributed by atoms with Crippen LogP contribution in [-0.4, -0.2) is 40.9 Å². The average Bonchev–Trinajstić information content (AvgIpc) is 2.61. The maximum absolute atomic E-state index is 6.07. The molecule has 0 bridgehead atoms. The van der Waals surface area contributed by atoms with Crippen molar-refractivity contribution >= 4 is 11.5 Å². The number of nitrogens with one attached hydrogen (secondary N) is 1. The fourth-order valence-corrected chi connectivity index (χ4v) is 1.95. The van der Waals surface area contributed by atoms with Gasteiger partial charge in [-0.3, -0.25) is 0 Å². The molecule has 1 aromatic heterocycles. The van der Waals surface area contributed by atoms with Crippen LogP contribution >= 0.6 is 0 Å². The molecule has 110 valence electrons. The Labute approximate surface area is 117 Å². The van der Waals surface area contributed by atoms with Crippen LogP contribution < -0.4 is 11.1 Å². The summed E-state index contributed by atoms with van der Waals surface area (Å²) in [7, 11) is 2.16. The zero-order valence-corrected chi connectivity index (χ0v) is 13.0. The van der Waals surface area contributed by atoms with E-state index in [0.717, 1.165) is 49.7 Å². The normalized spacial score (nSPS) is 11.5. The lowest BCUT2D eigenvalue weighted by Crippen LogP contribution is -2.28. The van der Waals surface area contributed by atoms with E-state index in [1.54, 1.807) is 0 Å². The summed E-state index contributed by atoms with van der Waals surface area (Å²) in [6.07, 6.45) is 2.16. The largest absolute Gasteiger partial charge is 0.394 e. The summed E-state index contributed by atoms with van der Waals surface area (Å²) in [5.74, 6) is 0.978. The van der Waals surface area contributed by atoms with Gasteiger partial charge in [-0.2, -0.15) is 5.10 Å². The minimum absolute atomic E-state index is 0.595. The third-order valence-electron chi connectivity index (χ3n) is 3.47. The Morgan fingerprint density at radius 1 is 1.42 bits per heavy atom. The molecule has 0 spiro atoms. The van der Waals surface area contributed by atoms with Gasteiger partial charge in [0.1, 0.15) is 5.82 Å². The van der Waals surface area contributed by atoms with Gasteiger partial charge >= 0.3 is 0 Å². The van der Waals surface area contributed by atoms with E-state index < -0.39 is 0 Å². The number of nitrogens with two attached hydrogens (primary N) is 1. The quantitative estimate of drug-likeness (QED) is 0.710. The minimum atomic E-state index is 0.595. The van der Waals surface area contributed by atoms with Gasteiger partial charge in [0.25, 0.3) is 0 Å². The van der Waals surface area contributed by atoms with Crippen molar-refractivity contribution in [1.29, 1.82) is 0 Å². The highest BCUT2D eigenvalue weighted by molar-refractivity contribution is 5.64. The van der Waals surface area contributed by atoms with E-state index in [-0.39, 0.29) is 0 Å². The Balaban J connectivity index is 2.48. The SMILES string of the molecule is CCCn1nc(C)c(N)c1NCCCN(C)C(C)C. The van der Waals surface area contributed by atoms with Gasteiger partial charge in [-0.25, -0.2) is 4.68 Å². The van der Waals surface area contributed by atoms with Gasteiger partial charge in [0.2, 0.25) is 0 Å². The molecule has 0 aliphatic rings. The standard InChI is InChI=1S/C14H29N5/c1-6-9-19-14(13(15)12(4)17-19)16-8-7-10-18(5)11(2)3/h11,16H,6-10,15H2,1-5H3. The van der Waals surface area contributed by atoms with E-state index in [1.165, 1.54) is 0 Å². The topological polar surface area (TPSA) is 59.1 Å². The van der Waals surface area contributed by atoms with Gasteiger partial charge in [-0.15, -0.1) is 0 Å². The van der Waals surface area contributed by atoms with Crippen molar-refractivity contribution < 1.29 is 0 Å². The summed E-state index contributed by atoms with van der Waals surface area (Å²) >= 11 is 0. The van der Waals surface area contributed by atoms with E-state index in [9.17, 15) is 0 Å². The number of nitrogens with zero attached hydrogens (tertiary/aromatic N) is 3. The van der Waals surface area contributed by atoms with Crippen LogP contribution in [0.5, 0.6) is 0 Å². The Morgan fingerprint density at radius 3 is 2.68 bits per heavy atom. The molecule has 19 heavy (non-hydrogen) atoms. The number of aryl methyl sites for hydroxylation is 2. The molecule has 0 amide bonds. The monoisotopic (exact) mass is 267 g/mol. The first-order valence-electron chi connectivity index (χ1n) is 7.24. The van der Waals surface area contributed by atoms with Gasteiger partial charge in [-0.1, -0.05) is 6.92 Å². The average molecular weight is 267 g/mol. The Hall–Kier alpha value is -1.23. The lowest BCUT2D eigenvalue weighted by molar-refractivity contribution is 0.273. The molecule has 0 radical (unpaired) electrons. The smallest absolute Gasteiger partial charge is 0.148 e. The summed E-state index contributed by atoms with van der Waals surface area (Å²) < 4.78 is 1.98. The van der Waals surface area contributed by atoms with E-state index in [4.69, 9.17) is 5.73 Å². The lowest BCUT2D eigenvalue weighted by atomic mass is 10.3. The molecule has 5 nitrogen and oxygen atoms in total. The first-order chi connectivity index (χ1) is 8.97. The third-order valence-corrected chi connectivity index (χ3v) is 3.47. The van der Waals surface area contributed by atoms with Crippen LogP contribution in [0.15, 0.2) is 0 Å². The molecule has 0 saturated heterocycles. The first-order valence-corrected chi connectivity index (χ1v) is 7.24. The van der Waals surface area contributed by atoms with Crippen LogP contribution in [-0.2, 0) is 6.54 Å².